The standard InChI is InChI=1S/C10H12ClN.ClH/c11-9-4-2-1-3-8(9)10(12)7-5-6-7;/h1-4,7,10H,5-6,12H2;1H/t10-;/m1./s1. The average molecular weight is 218 g/mol. The van der Waals surface area contributed by atoms with Crippen molar-refractivity contribution in [1.29, 1.82) is 0 Å². The zero-order valence-corrected chi connectivity index (χ0v) is 8.81. The van der Waals surface area contributed by atoms with Crippen molar-refractivity contribution < 1.29 is 0 Å². The van der Waals surface area contributed by atoms with Crippen LogP contribution in [0.25, 0.3) is 0 Å². The second-order valence-electron chi connectivity index (χ2n) is 3.38. The van der Waals surface area contributed by atoms with Crippen LogP contribution in [-0.2, 0) is 0 Å². The fourth-order valence-electron chi connectivity index (χ4n) is 1.45. The van der Waals surface area contributed by atoms with Gasteiger partial charge in [-0.3, -0.25) is 0 Å². The van der Waals surface area contributed by atoms with Crippen molar-refractivity contribution in [3.05, 3.63) is 34.9 Å². The highest BCUT2D eigenvalue weighted by molar-refractivity contribution is 6.31. The summed E-state index contributed by atoms with van der Waals surface area (Å²) in [5.41, 5.74) is 7.12. The van der Waals surface area contributed by atoms with Crippen LogP contribution in [0.2, 0.25) is 5.02 Å². The summed E-state index contributed by atoms with van der Waals surface area (Å²) in [7, 11) is 0. The molecule has 0 bridgehead atoms. The maximum Gasteiger partial charge on any atom is 0.0453 e. The van der Waals surface area contributed by atoms with Crippen molar-refractivity contribution in [3.63, 3.8) is 0 Å². The van der Waals surface area contributed by atoms with Crippen LogP contribution in [-0.4, -0.2) is 0 Å². The molecule has 1 saturated carbocycles. The molecule has 0 saturated heterocycles. The van der Waals surface area contributed by atoms with Crippen LogP contribution < -0.4 is 5.73 Å². The molecule has 1 aliphatic carbocycles. The first-order valence-electron chi connectivity index (χ1n) is 4.29. The average Bonchev–Trinajstić information content (AvgIpc) is 2.86. The molecule has 3 heteroatoms. The summed E-state index contributed by atoms with van der Waals surface area (Å²) in [4.78, 5) is 0. The van der Waals surface area contributed by atoms with Crippen molar-refractivity contribution in [2.75, 3.05) is 0 Å². The number of hydrogen-bond acceptors (Lipinski definition) is 1. The molecule has 0 aromatic heterocycles. The van der Waals surface area contributed by atoms with Crippen LogP contribution in [0, 0.1) is 5.92 Å². The van der Waals surface area contributed by atoms with Crippen LogP contribution in [0.3, 0.4) is 0 Å². The molecule has 1 aromatic rings. The van der Waals surface area contributed by atoms with Gasteiger partial charge >= 0.3 is 0 Å². The minimum absolute atomic E-state index is 0. The van der Waals surface area contributed by atoms with E-state index in [-0.39, 0.29) is 18.4 Å². The second kappa shape index (κ2) is 4.32. The number of nitrogens with two attached hydrogens (primary N) is 1. The number of benzene rings is 1. The van der Waals surface area contributed by atoms with E-state index in [0.717, 1.165) is 10.6 Å². The van der Waals surface area contributed by atoms with Crippen molar-refractivity contribution >= 4 is 24.0 Å². The molecule has 1 fully saturated rings. The first kappa shape index (κ1) is 10.8. The van der Waals surface area contributed by atoms with E-state index in [1.54, 1.807) is 0 Å². The van der Waals surface area contributed by atoms with Gasteiger partial charge < -0.3 is 5.73 Å². The Morgan fingerprint density at radius 1 is 1.31 bits per heavy atom. The first-order valence-corrected chi connectivity index (χ1v) is 4.67. The summed E-state index contributed by atoms with van der Waals surface area (Å²) >= 11 is 6.01. The van der Waals surface area contributed by atoms with Crippen LogP contribution in [0.4, 0.5) is 0 Å². The Labute approximate surface area is 89.7 Å². The molecule has 0 aliphatic heterocycles. The van der Waals surface area contributed by atoms with Gasteiger partial charge in [0, 0.05) is 11.1 Å². The molecular formula is C10H13Cl2N. The monoisotopic (exact) mass is 217 g/mol. The smallest absolute Gasteiger partial charge is 0.0453 e. The van der Waals surface area contributed by atoms with Gasteiger partial charge in [0.15, 0.2) is 0 Å². The molecule has 1 nitrogen and oxygen atoms in total. The van der Waals surface area contributed by atoms with E-state index in [1.807, 2.05) is 24.3 Å². The minimum atomic E-state index is 0. The summed E-state index contributed by atoms with van der Waals surface area (Å²) in [6, 6.07) is 8.00. The van der Waals surface area contributed by atoms with Crippen molar-refractivity contribution in [2.45, 2.75) is 18.9 Å². The quantitative estimate of drug-likeness (QED) is 0.810. The highest BCUT2D eigenvalue weighted by Crippen LogP contribution is 2.41. The summed E-state index contributed by atoms with van der Waals surface area (Å²) in [6.07, 6.45) is 2.51. The molecule has 1 aliphatic rings. The van der Waals surface area contributed by atoms with Crippen LogP contribution >= 0.6 is 24.0 Å². The Balaban J connectivity index is 0.000000845. The SMILES string of the molecule is Cl.N[C@@H](c1ccccc1Cl)C1CC1. The van der Waals surface area contributed by atoms with Gasteiger partial charge in [-0.05, 0) is 30.4 Å². The van der Waals surface area contributed by atoms with Crippen molar-refractivity contribution in [3.8, 4) is 0 Å². The molecule has 1 aromatic carbocycles. The third-order valence-corrected chi connectivity index (χ3v) is 2.74. The van der Waals surface area contributed by atoms with E-state index in [4.69, 9.17) is 17.3 Å². The molecule has 0 heterocycles. The second-order valence-corrected chi connectivity index (χ2v) is 3.79. The summed E-state index contributed by atoms with van der Waals surface area (Å²) in [6.45, 7) is 0. The van der Waals surface area contributed by atoms with E-state index in [1.165, 1.54) is 12.8 Å². The number of rotatable bonds is 2. The van der Waals surface area contributed by atoms with Gasteiger partial charge in [-0.25, -0.2) is 0 Å². The Bertz CT molecular complexity index is 284. The van der Waals surface area contributed by atoms with E-state index < -0.39 is 0 Å². The molecule has 1 atom stereocenters. The van der Waals surface area contributed by atoms with Gasteiger partial charge in [0.05, 0.1) is 0 Å². The lowest BCUT2D eigenvalue weighted by atomic mass is 10.0. The Hall–Kier alpha value is -0.240. The zero-order valence-electron chi connectivity index (χ0n) is 7.24. The predicted molar refractivity (Wildman–Crippen MR) is 58.4 cm³/mol. The summed E-state index contributed by atoms with van der Waals surface area (Å²) in [5.74, 6) is 0.671. The Morgan fingerprint density at radius 3 is 2.46 bits per heavy atom. The maximum atomic E-state index is 6.02. The lowest BCUT2D eigenvalue weighted by molar-refractivity contribution is 0.634. The normalized spacial score (nSPS) is 17.7. The lowest BCUT2D eigenvalue weighted by Crippen LogP contribution is -2.12. The van der Waals surface area contributed by atoms with Gasteiger partial charge in [-0.15, -0.1) is 12.4 Å². The molecule has 13 heavy (non-hydrogen) atoms. The third-order valence-electron chi connectivity index (χ3n) is 2.39. The van der Waals surface area contributed by atoms with Gasteiger partial charge in [-0.2, -0.15) is 0 Å². The van der Waals surface area contributed by atoms with Gasteiger partial charge in [-0.1, -0.05) is 29.8 Å². The summed E-state index contributed by atoms with van der Waals surface area (Å²) < 4.78 is 0. The van der Waals surface area contributed by atoms with Crippen LogP contribution in [0.5, 0.6) is 0 Å². The highest BCUT2D eigenvalue weighted by Gasteiger charge is 2.30. The Morgan fingerprint density at radius 2 is 1.92 bits per heavy atom. The fourth-order valence-corrected chi connectivity index (χ4v) is 1.72. The molecule has 0 amide bonds. The molecule has 0 radical (unpaired) electrons. The van der Waals surface area contributed by atoms with E-state index in [9.17, 15) is 0 Å². The van der Waals surface area contributed by atoms with Crippen molar-refractivity contribution in [1.82, 2.24) is 0 Å². The van der Waals surface area contributed by atoms with Gasteiger partial charge in [0.1, 0.15) is 0 Å². The number of hydrogen-bond donors (Lipinski definition) is 1. The molecule has 72 valence electrons. The Kier molecular flexibility index (Phi) is 3.60. The van der Waals surface area contributed by atoms with Gasteiger partial charge in [0.25, 0.3) is 0 Å². The van der Waals surface area contributed by atoms with E-state index in [0.29, 0.717) is 5.92 Å². The highest BCUT2D eigenvalue weighted by atomic mass is 35.5. The molecule has 2 rings (SSSR count). The largest absolute Gasteiger partial charge is 0.324 e. The van der Waals surface area contributed by atoms with Crippen molar-refractivity contribution in [2.24, 2.45) is 11.7 Å². The van der Waals surface area contributed by atoms with Crippen LogP contribution in [0.15, 0.2) is 24.3 Å². The lowest BCUT2D eigenvalue weighted by Gasteiger charge is -2.11. The molecular weight excluding hydrogens is 205 g/mol. The minimum Gasteiger partial charge on any atom is -0.324 e. The fraction of sp³-hybridized carbons (Fsp3) is 0.400. The third kappa shape index (κ3) is 2.37. The predicted octanol–water partition coefficient (Wildman–Crippen LogP) is 3.17. The van der Waals surface area contributed by atoms with Gasteiger partial charge in [0.2, 0.25) is 0 Å². The first-order chi connectivity index (χ1) is 5.79. The molecule has 0 unspecified atom stereocenters. The topological polar surface area (TPSA) is 26.0 Å². The molecule has 0 spiro atoms. The summed E-state index contributed by atoms with van der Waals surface area (Å²) in [5, 5.41) is 0.803. The zero-order chi connectivity index (χ0) is 8.55. The molecule has 2 N–H and O–H groups in total. The number of halogens is 2. The van der Waals surface area contributed by atoms with Crippen LogP contribution in [0.1, 0.15) is 24.4 Å². The maximum absolute atomic E-state index is 6.02. The van der Waals surface area contributed by atoms with E-state index in [2.05, 4.69) is 0 Å². The van der Waals surface area contributed by atoms with E-state index >= 15 is 0 Å².